The Morgan fingerprint density at radius 1 is 1.21 bits per heavy atom. The molecule has 2 aromatic carbocycles. The van der Waals surface area contributed by atoms with Crippen LogP contribution in [0, 0.1) is 22.5 Å². The minimum atomic E-state index is -4.35. The van der Waals surface area contributed by atoms with Gasteiger partial charge in [0, 0.05) is 12.6 Å². The Morgan fingerprint density at radius 3 is 2.39 bits per heavy atom. The van der Waals surface area contributed by atoms with Crippen LogP contribution in [0.2, 0.25) is 0 Å². The number of para-hydroxylation sites is 1. The van der Waals surface area contributed by atoms with Crippen LogP contribution < -0.4 is 0 Å². The second-order valence-corrected chi connectivity index (χ2v) is 7.82. The molecule has 0 aliphatic rings. The molecule has 8 heteroatoms. The van der Waals surface area contributed by atoms with Crippen LogP contribution in [-0.2, 0) is 16.4 Å². The molecule has 0 fully saturated rings. The number of aliphatic hydroxyl groups is 1. The van der Waals surface area contributed by atoms with Crippen LogP contribution in [0.5, 0.6) is 0 Å². The Hall–Kier alpha value is -2.99. The fourth-order valence-corrected chi connectivity index (χ4v) is 4.59. The number of nitrogens with zero attached hydrogens (tertiary/aromatic N) is 2. The van der Waals surface area contributed by atoms with Gasteiger partial charge in [0.25, 0.3) is 15.7 Å². The monoisotopic (exact) mass is 400 g/mol. The molecular weight excluding hydrogens is 380 g/mol. The summed E-state index contributed by atoms with van der Waals surface area (Å²) < 4.78 is 27.5. The van der Waals surface area contributed by atoms with Gasteiger partial charge in [-0.25, -0.2) is 8.42 Å². The molecular formula is C20H20N2O5S. The average Bonchev–Trinajstić information content (AvgIpc) is 2.70. The van der Waals surface area contributed by atoms with Gasteiger partial charge in [0.15, 0.2) is 4.90 Å². The summed E-state index contributed by atoms with van der Waals surface area (Å²) in [4.78, 5) is 10.1. The van der Waals surface area contributed by atoms with Crippen molar-refractivity contribution in [3.05, 3.63) is 82.9 Å². The minimum absolute atomic E-state index is 0.125. The lowest BCUT2D eigenvalue weighted by molar-refractivity contribution is -0.387. The third kappa shape index (κ3) is 4.64. The first-order valence-electron chi connectivity index (χ1n) is 8.37. The van der Waals surface area contributed by atoms with E-state index in [1.165, 1.54) is 18.2 Å². The molecule has 0 spiro atoms. The quantitative estimate of drug-likeness (QED) is 0.301. The Balaban J connectivity index is 2.58. The third-order valence-electron chi connectivity index (χ3n) is 4.15. The Bertz CT molecular complexity index is 983. The Kier molecular flexibility index (Phi) is 7.06. The second-order valence-electron chi connectivity index (χ2n) is 5.96. The SMILES string of the molecule is C#C[C@@H](O)[C@@H](Cc1ccccc1)N(CC=C)S(=O)(=O)c1ccccc1[N+](=O)[O-]. The fraction of sp³-hybridized carbons (Fsp3) is 0.200. The van der Waals surface area contributed by atoms with E-state index in [2.05, 4.69) is 12.5 Å². The minimum Gasteiger partial charge on any atom is -0.379 e. The first kappa shape index (κ1) is 21.3. The maximum absolute atomic E-state index is 13.3. The first-order valence-corrected chi connectivity index (χ1v) is 9.81. The molecule has 0 aliphatic carbocycles. The molecule has 2 atom stereocenters. The smallest absolute Gasteiger partial charge is 0.289 e. The maximum atomic E-state index is 13.3. The summed E-state index contributed by atoms with van der Waals surface area (Å²) in [6.07, 6.45) is 5.41. The van der Waals surface area contributed by atoms with Gasteiger partial charge in [-0.2, -0.15) is 4.31 Å². The van der Waals surface area contributed by atoms with Gasteiger partial charge in [-0.05, 0) is 18.1 Å². The molecule has 0 saturated heterocycles. The molecule has 0 heterocycles. The van der Waals surface area contributed by atoms with Gasteiger partial charge < -0.3 is 5.11 Å². The zero-order valence-corrected chi connectivity index (χ0v) is 15.8. The van der Waals surface area contributed by atoms with Crippen molar-refractivity contribution in [3.8, 4) is 12.3 Å². The number of nitro groups is 1. The van der Waals surface area contributed by atoms with Crippen molar-refractivity contribution in [2.75, 3.05) is 6.54 Å². The highest BCUT2D eigenvalue weighted by Crippen LogP contribution is 2.29. The molecule has 146 valence electrons. The number of aliphatic hydroxyl groups excluding tert-OH is 1. The lowest BCUT2D eigenvalue weighted by Crippen LogP contribution is -2.48. The van der Waals surface area contributed by atoms with E-state index in [1.54, 1.807) is 24.3 Å². The second kappa shape index (κ2) is 9.28. The van der Waals surface area contributed by atoms with E-state index >= 15 is 0 Å². The topological polar surface area (TPSA) is 101 Å². The van der Waals surface area contributed by atoms with Crippen molar-refractivity contribution in [2.24, 2.45) is 0 Å². The zero-order chi connectivity index (χ0) is 20.7. The van der Waals surface area contributed by atoms with Crippen LogP contribution in [0.25, 0.3) is 0 Å². The lowest BCUT2D eigenvalue weighted by Gasteiger charge is -2.31. The van der Waals surface area contributed by atoms with Crippen molar-refractivity contribution in [2.45, 2.75) is 23.5 Å². The largest absolute Gasteiger partial charge is 0.379 e. The molecule has 0 radical (unpaired) electrons. The zero-order valence-electron chi connectivity index (χ0n) is 15.0. The van der Waals surface area contributed by atoms with E-state index in [-0.39, 0.29) is 13.0 Å². The summed E-state index contributed by atoms with van der Waals surface area (Å²) >= 11 is 0. The standard InChI is InChI=1S/C20H20N2O5S/c1-3-14-21(18(19(23)4-2)15-16-10-6-5-7-11-16)28(26,27)20-13-9-8-12-17(20)22(24)25/h2-3,5-13,18-19,23H,1,14-15H2/t18-,19-/m1/s1. The molecule has 0 amide bonds. The molecule has 7 nitrogen and oxygen atoms in total. The number of terminal acetylenes is 1. The van der Waals surface area contributed by atoms with E-state index in [1.807, 2.05) is 6.07 Å². The molecule has 1 N–H and O–H groups in total. The summed E-state index contributed by atoms with van der Waals surface area (Å²) in [6, 6.07) is 12.9. The molecule has 2 aromatic rings. The molecule has 0 aromatic heterocycles. The van der Waals surface area contributed by atoms with Crippen molar-refractivity contribution < 1.29 is 18.4 Å². The predicted molar refractivity (Wildman–Crippen MR) is 106 cm³/mol. The maximum Gasteiger partial charge on any atom is 0.289 e. The van der Waals surface area contributed by atoms with Crippen LogP contribution in [-0.4, -0.2) is 41.4 Å². The van der Waals surface area contributed by atoms with E-state index < -0.39 is 37.7 Å². The normalized spacial score (nSPS) is 13.5. The highest BCUT2D eigenvalue weighted by molar-refractivity contribution is 7.89. The van der Waals surface area contributed by atoms with Crippen LogP contribution >= 0.6 is 0 Å². The van der Waals surface area contributed by atoms with Crippen molar-refractivity contribution in [3.63, 3.8) is 0 Å². The van der Waals surface area contributed by atoms with E-state index in [0.717, 1.165) is 22.0 Å². The van der Waals surface area contributed by atoms with Crippen LogP contribution in [0.4, 0.5) is 5.69 Å². The van der Waals surface area contributed by atoms with Gasteiger partial charge in [0.05, 0.1) is 11.0 Å². The lowest BCUT2D eigenvalue weighted by atomic mass is 10.0. The molecule has 0 aliphatic heterocycles. The average molecular weight is 400 g/mol. The summed E-state index contributed by atoms with van der Waals surface area (Å²) in [5, 5.41) is 21.7. The fourth-order valence-electron chi connectivity index (χ4n) is 2.83. The van der Waals surface area contributed by atoms with Gasteiger partial charge in [-0.15, -0.1) is 13.0 Å². The molecule has 28 heavy (non-hydrogen) atoms. The van der Waals surface area contributed by atoms with Crippen molar-refractivity contribution >= 4 is 15.7 Å². The number of benzene rings is 2. The molecule has 0 unspecified atom stereocenters. The predicted octanol–water partition coefficient (Wildman–Crippen LogP) is 2.38. The third-order valence-corrected chi connectivity index (χ3v) is 6.09. The molecule has 2 rings (SSSR count). The van der Waals surface area contributed by atoms with Gasteiger partial charge in [-0.1, -0.05) is 54.5 Å². The Morgan fingerprint density at radius 2 is 1.82 bits per heavy atom. The van der Waals surface area contributed by atoms with Crippen LogP contribution in [0.3, 0.4) is 0 Å². The van der Waals surface area contributed by atoms with Crippen molar-refractivity contribution in [1.29, 1.82) is 0 Å². The van der Waals surface area contributed by atoms with Gasteiger partial charge in [-0.3, -0.25) is 10.1 Å². The van der Waals surface area contributed by atoms with Gasteiger partial charge in [0.1, 0.15) is 6.10 Å². The molecule has 0 saturated carbocycles. The number of sulfonamides is 1. The number of rotatable bonds is 9. The van der Waals surface area contributed by atoms with Gasteiger partial charge >= 0.3 is 0 Å². The van der Waals surface area contributed by atoms with E-state index in [0.29, 0.717) is 0 Å². The number of nitro benzene ring substituents is 1. The first-order chi connectivity index (χ1) is 13.3. The number of hydrogen-bond acceptors (Lipinski definition) is 5. The molecule has 0 bridgehead atoms. The van der Waals surface area contributed by atoms with E-state index in [9.17, 15) is 23.6 Å². The van der Waals surface area contributed by atoms with Crippen LogP contribution in [0.1, 0.15) is 5.56 Å². The summed E-state index contributed by atoms with van der Waals surface area (Å²) in [6.45, 7) is 3.39. The van der Waals surface area contributed by atoms with Crippen molar-refractivity contribution in [1.82, 2.24) is 4.31 Å². The van der Waals surface area contributed by atoms with Gasteiger partial charge in [0.2, 0.25) is 0 Å². The highest BCUT2D eigenvalue weighted by Gasteiger charge is 2.37. The van der Waals surface area contributed by atoms with Crippen LogP contribution in [0.15, 0.2) is 72.1 Å². The Labute approximate surface area is 164 Å². The highest BCUT2D eigenvalue weighted by atomic mass is 32.2. The summed E-state index contributed by atoms with van der Waals surface area (Å²) in [7, 11) is -4.35. The summed E-state index contributed by atoms with van der Waals surface area (Å²) in [5.74, 6) is 2.17. The van der Waals surface area contributed by atoms with E-state index in [4.69, 9.17) is 6.42 Å². The summed E-state index contributed by atoms with van der Waals surface area (Å²) in [5.41, 5.74) is 0.207. The number of hydrogen-bond donors (Lipinski definition) is 1.